The molecule has 2 heterocycles. The fourth-order valence-electron chi connectivity index (χ4n) is 3.44. The van der Waals surface area contributed by atoms with E-state index in [0.717, 1.165) is 30.9 Å². The van der Waals surface area contributed by atoms with E-state index in [1.54, 1.807) is 6.92 Å². The van der Waals surface area contributed by atoms with Crippen molar-refractivity contribution in [3.63, 3.8) is 0 Å². The van der Waals surface area contributed by atoms with Gasteiger partial charge in [0.25, 0.3) is 5.91 Å². The van der Waals surface area contributed by atoms with Crippen molar-refractivity contribution >= 4 is 17.3 Å². The number of anilines is 2. The maximum atomic E-state index is 13.0. The molecule has 0 fully saturated rings. The second-order valence-electron chi connectivity index (χ2n) is 6.46. The normalized spacial score (nSPS) is 14.0. The van der Waals surface area contributed by atoms with Crippen molar-refractivity contribution in [3.8, 4) is 0 Å². The molecule has 0 saturated heterocycles. The number of hydrogen-bond donors (Lipinski definition) is 0. The highest BCUT2D eigenvalue weighted by atomic mass is 16.3. The van der Waals surface area contributed by atoms with Crippen LogP contribution in [-0.4, -0.2) is 24.0 Å². The molecule has 26 heavy (non-hydrogen) atoms. The van der Waals surface area contributed by atoms with E-state index in [4.69, 9.17) is 4.42 Å². The van der Waals surface area contributed by atoms with Crippen molar-refractivity contribution < 1.29 is 9.21 Å². The zero-order chi connectivity index (χ0) is 17.9. The van der Waals surface area contributed by atoms with Gasteiger partial charge in [-0.2, -0.15) is 0 Å². The van der Waals surface area contributed by atoms with Crippen LogP contribution >= 0.6 is 0 Å². The highest BCUT2D eigenvalue weighted by Gasteiger charge is 2.27. The van der Waals surface area contributed by atoms with Crippen molar-refractivity contribution in [2.24, 2.45) is 0 Å². The molecule has 0 spiro atoms. The lowest BCUT2D eigenvalue weighted by molar-refractivity contribution is 0.0981. The Morgan fingerprint density at radius 2 is 1.77 bits per heavy atom. The molecule has 0 N–H and O–H groups in total. The first kappa shape index (κ1) is 16.4. The summed E-state index contributed by atoms with van der Waals surface area (Å²) in [7, 11) is 0. The molecule has 0 bridgehead atoms. The molecule has 1 aromatic heterocycles. The molecule has 0 radical (unpaired) electrons. The van der Waals surface area contributed by atoms with Gasteiger partial charge in [-0.3, -0.25) is 4.79 Å². The van der Waals surface area contributed by atoms with Crippen molar-refractivity contribution in [1.29, 1.82) is 0 Å². The zero-order valence-corrected chi connectivity index (χ0v) is 14.8. The number of para-hydroxylation sites is 2. The van der Waals surface area contributed by atoms with Gasteiger partial charge in [0.15, 0.2) is 12.1 Å². The highest BCUT2D eigenvalue weighted by molar-refractivity contribution is 6.07. The van der Waals surface area contributed by atoms with E-state index < -0.39 is 0 Å². The van der Waals surface area contributed by atoms with Crippen LogP contribution < -0.4 is 9.80 Å². The number of fused-ring (bicyclic) bond motifs is 1. The molecule has 0 unspecified atom stereocenters. The number of hydrogen-bond acceptors (Lipinski definition) is 4. The molecule has 3 aromatic rings. The van der Waals surface area contributed by atoms with E-state index in [0.29, 0.717) is 18.0 Å². The molecule has 2 aromatic carbocycles. The number of rotatable bonds is 3. The Morgan fingerprint density at radius 3 is 2.50 bits per heavy atom. The highest BCUT2D eigenvalue weighted by Crippen LogP contribution is 2.34. The quantitative estimate of drug-likeness (QED) is 0.717. The first-order valence-corrected chi connectivity index (χ1v) is 8.84. The Bertz CT molecular complexity index is 904. The van der Waals surface area contributed by atoms with Gasteiger partial charge in [-0.25, -0.2) is 4.98 Å². The molecule has 0 atom stereocenters. The van der Waals surface area contributed by atoms with E-state index in [1.807, 2.05) is 29.2 Å². The van der Waals surface area contributed by atoms with Gasteiger partial charge in [-0.1, -0.05) is 42.5 Å². The van der Waals surface area contributed by atoms with Crippen molar-refractivity contribution in [1.82, 2.24) is 4.98 Å². The summed E-state index contributed by atoms with van der Waals surface area (Å²) >= 11 is 0. The summed E-state index contributed by atoms with van der Waals surface area (Å²) in [5.74, 6) is 0.447. The fraction of sp³-hybridized carbons (Fsp3) is 0.238. The van der Waals surface area contributed by atoms with Crippen molar-refractivity contribution in [3.05, 3.63) is 78.0 Å². The summed E-state index contributed by atoms with van der Waals surface area (Å²) in [6.45, 7) is 4.15. The molecule has 132 valence electrons. The maximum Gasteiger partial charge on any atom is 0.280 e. The van der Waals surface area contributed by atoms with Crippen LogP contribution in [0.15, 0.2) is 65.4 Å². The van der Waals surface area contributed by atoms with Crippen LogP contribution in [0.3, 0.4) is 0 Å². The fourth-order valence-corrected chi connectivity index (χ4v) is 3.44. The number of carbonyl (C=O) groups excluding carboxylic acids is 1. The molecular formula is C21H21N3O2. The third-order valence-corrected chi connectivity index (χ3v) is 4.73. The molecule has 1 amide bonds. The van der Waals surface area contributed by atoms with Crippen LogP contribution in [0.5, 0.6) is 0 Å². The molecule has 1 aliphatic rings. The summed E-state index contributed by atoms with van der Waals surface area (Å²) < 4.78 is 5.23. The number of amides is 1. The summed E-state index contributed by atoms with van der Waals surface area (Å²) in [6.07, 6.45) is 2.22. The molecular weight excluding hydrogens is 326 g/mol. The summed E-state index contributed by atoms with van der Waals surface area (Å²) in [5.41, 5.74) is 3.64. The summed E-state index contributed by atoms with van der Waals surface area (Å²) in [6, 6.07) is 18.5. The Morgan fingerprint density at radius 1 is 1.04 bits per heavy atom. The van der Waals surface area contributed by atoms with Crippen LogP contribution in [0.25, 0.3) is 0 Å². The van der Waals surface area contributed by atoms with E-state index in [-0.39, 0.29) is 5.91 Å². The molecule has 0 aliphatic carbocycles. The molecule has 1 aliphatic heterocycles. The van der Waals surface area contributed by atoms with Crippen LogP contribution in [0.1, 0.15) is 28.2 Å². The molecule has 5 heteroatoms. The third-order valence-electron chi connectivity index (χ3n) is 4.73. The van der Waals surface area contributed by atoms with E-state index >= 15 is 0 Å². The zero-order valence-electron chi connectivity index (χ0n) is 14.8. The van der Waals surface area contributed by atoms with Crippen LogP contribution in [0.2, 0.25) is 0 Å². The van der Waals surface area contributed by atoms with E-state index in [1.165, 1.54) is 12.0 Å². The molecule has 5 nitrogen and oxygen atoms in total. The van der Waals surface area contributed by atoms with Crippen molar-refractivity contribution in [2.75, 3.05) is 22.9 Å². The first-order valence-electron chi connectivity index (χ1n) is 8.84. The monoisotopic (exact) mass is 347 g/mol. The van der Waals surface area contributed by atoms with Crippen LogP contribution in [-0.2, 0) is 6.54 Å². The Kier molecular flexibility index (Phi) is 4.44. The topological polar surface area (TPSA) is 49.6 Å². The van der Waals surface area contributed by atoms with Gasteiger partial charge in [0, 0.05) is 19.6 Å². The number of oxazole rings is 1. The second kappa shape index (κ2) is 7.04. The predicted molar refractivity (Wildman–Crippen MR) is 101 cm³/mol. The number of aryl methyl sites for hydroxylation is 1. The average Bonchev–Trinajstić information content (AvgIpc) is 3.02. The minimum absolute atomic E-state index is 0.106. The van der Waals surface area contributed by atoms with Gasteiger partial charge in [0.05, 0.1) is 11.4 Å². The Balaban J connectivity index is 1.69. The lowest BCUT2D eigenvalue weighted by atomic mass is 10.1. The SMILES string of the molecule is Cc1ocnc1C(=O)N1CCCN(Cc2ccccc2)c2ccccc21. The van der Waals surface area contributed by atoms with Gasteiger partial charge in [-0.15, -0.1) is 0 Å². The minimum Gasteiger partial charge on any atom is -0.448 e. The lowest BCUT2D eigenvalue weighted by Gasteiger charge is -2.26. The predicted octanol–water partition coefficient (Wildman–Crippen LogP) is 4.04. The van der Waals surface area contributed by atoms with Crippen LogP contribution in [0.4, 0.5) is 11.4 Å². The summed E-state index contributed by atoms with van der Waals surface area (Å²) in [4.78, 5) is 21.3. The smallest absolute Gasteiger partial charge is 0.280 e. The number of aromatic nitrogens is 1. The average molecular weight is 347 g/mol. The van der Waals surface area contributed by atoms with Gasteiger partial charge in [-0.05, 0) is 31.0 Å². The standard InChI is InChI=1S/C21H21N3O2/c1-16-20(22-15-26-16)21(25)24-13-7-12-23(14-17-8-3-2-4-9-17)18-10-5-6-11-19(18)24/h2-6,8-11,15H,7,12-14H2,1H3. The van der Waals surface area contributed by atoms with Crippen molar-refractivity contribution in [2.45, 2.75) is 19.9 Å². The van der Waals surface area contributed by atoms with Gasteiger partial charge in [0.1, 0.15) is 5.76 Å². The Labute approximate surface area is 152 Å². The third kappa shape index (κ3) is 3.08. The largest absolute Gasteiger partial charge is 0.448 e. The van der Waals surface area contributed by atoms with Gasteiger partial charge < -0.3 is 14.2 Å². The number of benzene rings is 2. The first-order chi connectivity index (χ1) is 12.7. The molecule has 0 saturated carbocycles. The van der Waals surface area contributed by atoms with Crippen LogP contribution in [0, 0.1) is 6.92 Å². The Hall–Kier alpha value is -3.08. The number of nitrogens with zero attached hydrogens (tertiary/aromatic N) is 3. The minimum atomic E-state index is -0.106. The lowest BCUT2D eigenvalue weighted by Crippen LogP contribution is -2.32. The van der Waals surface area contributed by atoms with E-state index in [9.17, 15) is 4.79 Å². The number of carbonyl (C=O) groups is 1. The van der Waals surface area contributed by atoms with E-state index in [2.05, 4.69) is 40.2 Å². The van der Waals surface area contributed by atoms with Gasteiger partial charge in [0.2, 0.25) is 0 Å². The second-order valence-corrected chi connectivity index (χ2v) is 6.46. The van der Waals surface area contributed by atoms with Gasteiger partial charge >= 0.3 is 0 Å². The molecule has 4 rings (SSSR count). The summed E-state index contributed by atoms with van der Waals surface area (Å²) in [5, 5.41) is 0. The maximum absolute atomic E-state index is 13.0.